The van der Waals surface area contributed by atoms with Crippen LogP contribution in [-0.2, 0) is 6.54 Å². The predicted molar refractivity (Wildman–Crippen MR) is 132 cm³/mol. The van der Waals surface area contributed by atoms with Gasteiger partial charge in [-0.25, -0.2) is 0 Å². The molecule has 0 bridgehead atoms. The molecule has 0 aliphatic heterocycles. The van der Waals surface area contributed by atoms with Crippen LogP contribution in [0.2, 0.25) is 0 Å². The van der Waals surface area contributed by atoms with Crippen LogP contribution >= 0.6 is 35.3 Å². The lowest BCUT2D eigenvalue weighted by molar-refractivity contribution is 0.0957. The van der Waals surface area contributed by atoms with Crippen LogP contribution in [0.3, 0.4) is 0 Å². The number of hydrogen-bond acceptors (Lipinski definition) is 4. The van der Waals surface area contributed by atoms with Gasteiger partial charge in [-0.1, -0.05) is 24.3 Å². The number of para-hydroxylation sites is 1. The number of hydrogen-bond donors (Lipinski definition) is 3. The Morgan fingerprint density at radius 3 is 2.45 bits per heavy atom. The van der Waals surface area contributed by atoms with Crippen LogP contribution < -0.4 is 20.7 Å². The number of thiophene rings is 1. The molecule has 2 rings (SSSR count). The lowest BCUT2D eigenvalue weighted by Gasteiger charge is -2.23. The molecule has 1 amide bonds. The zero-order valence-electron chi connectivity index (χ0n) is 17.5. The molecule has 0 saturated carbocycles. The van der Waals surface area contributed by atoms with Crippen molar-refractivity contribution in [3.63, 3.8) is 0 Å². The van der Waals surface area contributed by atoms with Gasteiger partial charge in [0, 0.05) is 32.2 Å². The predicted octanol–water partition coefficient (Wildman–Crippen LogP) is 4.03. The second-order valence-electron chi connectivity index (χ2n) is 7.26. The van der Waals surface area contributed by atoms with Crippen molar-refractivity contribution in [2.75, 3.05) is 20.1 Å². The number of guanidine groups is 1. The fraction of sp³-hybridized carbons (Fsp3) is 0.429. The first-order chi connectivity index (χ1) is 13.4. The number of aliphatic imine (C=N–C) groups is 1. The van der Waals surface area contributed by atoms with Gasteiger partial charge in [0.1, 0.15) is 11.4 Å². The lowest BCUT2D eigenvalue weighted by atomic mass is 10.1. The second-order valence-corrected chi connectivity index (χ2v) is 8.21. The molecule has 0 radical (unpaired) electrons. The highest BCUT2D eigenvalue weighted by molar-refractivity contribution is 14.0. The molecule has 0 saturated heterocycles. The second kappa shape index (κ2) is 12.7. The van der Waals surface area contributed by atoms with Gasteiger partial charge in [0.15, 0.2) is 5.96 Å². The third-order valence-corrected chi connectivity index (χ3v) is 4.60. The van der Waals surface area contributed by atoms with Crippen molar-refractivity contribution in [2.24, 2.45) is 4.99 Å². The van der Waals surface area contributed by atoms with Gasteiger partial charge >= 0.3 is 0 Å². The molecule has 0 fully saturated rings. The smallest absolute Gasteiger partial charge is 0.261 e. The first kappa shape index (κ1) is 25.2. The van der Waals surface area contributed by atoms with E-state index in [1.54, 1.807) is 7.05 Å². The van der Waals surface area contributed by atoms with Crippen LogP contribution in [0.5, 0.6) is 5.75 Å². The number of ether oxygens (including phenoxy) is 1. The molecule has 160 valence electrons. The number of amides is 1. The highest BCUT2D eigenvalue weighted by atomic mass is 127. The van der Waals surface area contributed by atoms with E-state index < -0.39 is 0 Å². The molecule has 1 aromatic heterocycles. The molecule has 8 heteroatoms. The number of halogens is 1. The minimum atomic E-state index is -0.246. The van der Waals surface area contributed by atoms with Gasteiger partial charge in [-0.3, -0.25) is 9.79 Å². The summed E-state index contributed by atoms with van der Waals surface area (Å²) in [6.07, 6.45) is 0.807. The first-order valence-electron chi connectivity index (χ1n) is 9.42. The molecule has 0 aliphatic carbocycles. The van der Waals surface area contributed by atoms with Gasteiger partial charge in [-0.2, -0.15) is 0 Å². The lowest BCUT2D eigenvalue weighted by Crippen LogP contribution is -2.38. The molecule has 0 unspecified atom stereocenters. The molecule has 2 aromatic rings. The normalized spacial score (nSPS) is 11.4. The summed E-state index contributed by atoms with van der Waals surface area (Å²) >= 11 is 1.45. The van der Waals surface area contributed by atoms with Crippen molar-refractivity contribution in [3.8, 4) is 5.75 Å². The van der Waals surface area contributed by atoms with Crippen molar-refractivity contribution < 1.29 is 9.53 Å². The van der Waals surface area contributed by atoms with E-state index in [1.807, 2.05) is 62.5 Å². The molecule has 0 spiro atoms. The number of carbonyl (C=O) groups excluding carboxylic acids is 1. The van der Waals surface area contributed by atoms with Crippen LogP contribution in [-0.4, -0.2) is 37.6 Å². The third kappa shape index (κ3) is 9.49. The number of carbonyl (C=O) groups is 1. The van der Waals surface area contributed by atoms with Gasteiger partial charge in [0.05, 0.1) is 4.88 Å². The van der Waals surface area contributed by atoms with Crippen molar-refractivity contribution in [3.05, 3.63) is 52.2 Å². The topological polar surface area (TPSA) is 74.8 Å². The van der Waals surface area contributed by atoms with Crippen LogP contribution in [0, 0.1) is 0 Å². The largest absolute Gasteiger partial charge is 0.488 e. The third-order valence-electron chi connectivity index (χ3n) is 3.74. The maximum atomic E-state index is 11.9. The summed E-state index contributed by atoms with van der Waals surface area (Å²) < 4.78 is 6.03. The molecular weight excluding hydrogens is 499 g/mol. The molecule has 1 aromatic carbocycles. The Kier molecular flexibility index (Phi) is 11.0. The van der Waals surface area contributed by atoms with Crippen LogP contribution in [0.4, 0.5) is 0 Å². The molecule has 1 heterocycles. The maximum absolute atomic E-state index is 11.9. The van der Waals surface area contributed by atoms with E-state index in [0.29, 0.717) is 19.6 Å². The number of nitrogens with one attached hydrogen (secondary N) is 3. The maximum Gasteiger partial charge on any atom is 0.261 e. The molecule has 0 atom stereocenters. The van der Waals surface area contributed by atoms with E-state index in [-0.39, 0.29) is 35.5 Å². The van der Waals surface area contributed by atoms with Gasteiger partial charge in [0.25, 0.3) is 5.91 Å². The molecular formula is C21H31IN4O2S. The quantitative estimate of drug-likeness (QED) is 0.209. The SMILES string of the molecule is CN=C(NCCCNC(=O)c1cccs1)NCc1ccccc1OC(C)(C)C.I. The van der Waals surface area contributed by atoms with Crippen molar-refractivity contribution in [1.82, 2.24) is 16.0 Å². The minimum absolute atomic E-state index is 0. The summed E-state index contributed by atoms with van der Waals surface area (Å²) in [5, 5.41) is 11.4. The zero-order chi connectivity index (χ0) is 20.4. The Balaban J connectivity index is 0.00000420. The van der Waals surface area contributed by atoms with E-state index in [9.17, 15) is 4.79 Å². The summed E-state index contributed by atoms with van der Waals surface area (Å²) in [7, 11) is 1.74. The van der Waals surface area contributed by atoms with Gasteiger partial charge in [-0.15, -0.1) is 35.3 Å². The van der Waals surface area contributed by atoms with Crippen LogP contribution in [0.15, 0.2) is 46.8 Å². The molecule has 3 N–H and O–H groups in total. The van der Waals surface area contributed by atoms with Crippen LogP contribution in [0.25, 0.3) is 0 Å². The highest BCUT2D eigenvalue weighted by Gasteiger charge is 2.14. The summed E-state index contributed by atoms with van der Waals surface area (Å²) in [5.74, 6) is 1.57. The van der Waals surface area contributed by atoms with E-state index >= 15 is 0 Å². The Bertz CT molecular complexity index is 773. The monoisotopic (exact) mass is 530 g/mol. The van der Waals surface area contributed by atoms with Crippen molar-refractivity contribution in [2.45, 2.75) is 39.3 Å². The van der Waals surface area contributed by atoms with E-state index in [0.717, 1.165) is 28.6 Å². The average Bonchev–Trinajstić information content (AvgIpc) is 3.18. The fourth-order valence-corrected chi connectivity index (χ4v) is 3.11. The zero-order valence-corrected chi connectivity index (χ0v) is 20.6. The summed E-state index contributed by atoms with van der Waals surface area (Å²) in [6.45, 7) is 8.05. The van der Waals surface area contributed by atoms with Crippen molar-refractivity contribution in [1.29, 1.82) is 0 Å². The van der Waals surface area contributed by atoms with E-state index in [1.165, 1.54) is 11.3 Å². The molecule has 29 heavy (non-hydrogen) atoms. The minimum Gasteiger partial charge on any atom is -0.488 e. The molecule has 0 aliphatic rings. The first-order valence-corrected chi connectivity index (χ1v) is 10.3. The summed E-state index contributed by atoms with van der Waals surface area (Å²) in [6, 6.07) is 11.7. The molecule has 6 nitrogen and oxygen atoms in total. The Morgan fingerprint density at radius 1 is 1.07 bits per heavy atom. The van der Waals surface area contributed by atoms with Gasteiger partial charge in [-0.05, 0) is 44.7 Å². The van der Waals surface area contributed by atoms with E-state index in [4.69, 9.17) is 4.74 Å². The Hall–Kier alpha value is -1.81. The number of nitrogens with zero attached hydrogens (tertiary/aromatic N) is 1. The van der Waals surface area contributed by atoms with Gasteiger partial charge < -0.3 is 20.7 Å². The standard InChI is InChI=1S/C21H30N4O2S.HI/c1-21(2,3)27-17-10-6-5-9-16(17)15-25-20(22-4)24-13-8-12-23-19(26)18-11-7-14-28-18;/h5-7,9-11,14H,8,12-13,15H2,1-4H3,(H,23,26)(H2,22,24,25);1H. The van der Waals surface area contributed by atoms with Gasteiger partial charge in [0.2, 0.25) is 0 Å². The summed E-state index contributed by atoms with van der Waals surface area (Å²) in [4.78, 5) is 16.9. The fourth-order valence-electron chi connectivity index (χ4n) is 2.47. The Labute approximate surface area is 194 Å². The Morgan fingerprint density at radius 2 is 1.79 bits per heavy atom. The van der Waals surface area contributed by atoms with Crippen LogP contribution in [0.1, 0.15) is 42.4 Å². The highest BCUT2D eigenvalue weighted by Crippen LogP contribution is 2.22. The summed E-state index contributed by atoms with van der Waals surface area (Å²) in [5.41, 5.74) is 0.826. The average molecular weight is 530 g/mol. The van der Waals surface area contributed by atoms with Crippen molar-refractivity contribution >= 4 is 47.2 Å². The number of benzene rings is 1. The number of rotatable bonds is 8. The van der Waals surface area contributed by atoms with E-state index in [2.05, 4.69) is 20.9 Å².